The molecule has 1 aromatic rings. The zero-order valence-corrected chi connectivity index (χ0v) is 15.2. The zero-order valence-electron chi connectivity index (χ0n) is 15.2. The summed E-state index contributed by atoms with van der Waals surface area (Å²) >= 11 is 0. The van der Waals surface area contributed by atoms with Crippen LogP contribution in [0.3, 0.4) is 0 Å². The maximum atomic E-state index is 12.8. The number of hydrogen-bond acceptors (Lipinski definition) is 4. The first-order chi connectivity index (χ1) is 12.5. The van der Waals surface area contributed by atoms with Crippen LogP contribution in [0.4, 0.5) is 4.79 Å². The summed E-state index contributed by atoms with van der Waals surface area (Å²) in [6, 6.07) is 9.31. The Kier molecular flexibility index (Phi) is 4.74. The van der Waals surface area contributed by atoms with Crippen molar-refractivity contribution in [3.05, 3.63) is 35.9 Å². The highest BCUT2D eigenvalue weighted by Gasteiger charge is 2.52. The van der Waals surface area contributed by atoms with Crippen molar-refractivity contribution in [1.29, 1.82) is 0 Å². The van der Waals surface area contributed by atoms with Crippen molar-refractivity contribution in [2.75, 3.05) is 6.54 Å². The summed E-state index contributed by atoms with van der Waals surface area (Å²) in [5, 5.41) is 10.7. The van der Waals surface area contributed by atoms with E-state index in [0.29, 0.717) is 31.1 Å². The molecule has 0 aromatic heterocycles. The van der Waals surface area contributed by atoms with Crippen molar-refractivity contribution >= 4 is 11.9 Å². The molecule has 2 bridgehead atoms. The van der Waals surface area contributed by atoms with Crippen molar-refractivity contribution in [3.63, 3.8) is 0 Å². The molecule has 1 aromatic carbocycles. The number of ether oxygens (including phenoxy) is 1. The van der Waals surface area contributed by atoms with Gasteiger partial charge in [0.1, 0.15) is 12.4 Å². The number of Topliss-reactive ketones (excluding diaryl/α,β-unsaturated/α-hetero) is 1. The topological polar surface area (TPSA) is 66.8 Å². The van der Waals surface area contributed by atoms with E-state index < -0.39 is 6.10 Å². The second kappa shape index (κ2) is 7.03. The molecule has 140 valence electrons. The lowest BCUT2D eigenvalue weighted by atomic mass is 9.69. The smallest absolute Gasteiger partial charge is 0.410 e. The number of aliphatic hydroxyl groups excluding tert-OH is 1. The maximum Gasteiger partial charge on any atom is 0.410 e. The van der Waals surface area contributed by atoms with E-state index in [-0.39, 0.29) is 36.5 Å². The summed E-state index contributed by atoms with van der Waals surface area (Å²) < 4.78 is 5.55. The van der Waals surface area contributed by atoms with E-state index in [9.17, 15) is 14.7 Å². The Labute approximate surface area is 154 Å². The fourth-order valence-electron chi connectivity index (χ4n) is 5.34. The van der Waals surface area contributed by atoms with Crippen molar-refractivity contribution < 1.29 is 19.4 Å². The first kappa shape index (κ1) is 17.5. The van der Waals surface area contributed by atoms with Gasteiger partial charge in [-0.25, -0.2) is 4.79 Å². The summed E-state index contributed by atoms with van der Waals surface area (Å²) in [5.41, 5.74) is 0.945. The molecule has 0 spiro atoms. The van der Waals surface area contributed by atoms with Gasteiger partial charge in [0.2, 0.25) is 0 Å². The first-order valence-electron chi connectivity index (χ1n) is 9.71. The van der Waals surface area contributed by atoms with Crippen molar-refractivity contribution in [3.8, 4) is 0 Å². The minimum absolute atomic E-state index is 0.00901. The summed E-state index contributed by atoms with van der Waals surface area (Å²) in [5.74, 6) is 0.855. The number of carbonyl (C=O) groups excluding carboxylic acids is 2. The van der Waals surface area contributed by atoms with Crippen LogP contribution in [-0.4, -0.2) is 40.6 Å². The molecule has 4 unspecified atom stereocenters. The number of aliphatic hydroxyl groups is 1. The average Bonchev–Trinajstić information content (AvgIpc) is 2.86. The van der Waals surface area contributed by atoms with Gasteiger partial charge >= 0.3 is 6.09 Å². The van der Waals surface area contributed by atoms with Crippen LogP contribution in [0.15, 0.2) is 30.3 Å². The minimum atomic E-state index is -0.564. The van der Waals surface area contributed by atoms with E-state index in [1.54, 1.807) is 4.90 Å². The molecule has 1 N–H and O–H groups in total. The second-order valence-electron chi connectivity index (χ2n) is 8.37. The molecule has 2 aliphatic heterocycles. The van der Waals surface area contributed by atoms with E-state index in [1.165, 1.54) is 0 Å². The zero-order chi connectivity index (χ0) is 18.3. The van der Waals surface area contributed by atoms with Crippen LogP contribution in [0.1, 0.15) is 38.2 Å². The number of benzene rings is 1. The summed E-state index contributed by atoms with van der Waals surface area (Å²) in [4.78, 5) is 27.1. The Morgan fingerprint density at radius 3 is 2.77 bits per heavy atom. The Hall–Kier alpha value is -1.88. The van der Waals surface area contributed by atoms with Gasteiger partial charge in [-0.2, -0.15) is 0 Å². The summed E-state index contributed by atoms with van der Waals surface area (Å²) in [6.07, 6.45) is 2.08. The summed E-state index contributed by atoms with van der Waals surface area (Å²) in [6.45, 7) is 2.91. The predicted molar refractivity (Wildman–Crippen MR) is 96.2 cm³/mol. The van der Waals surface area contributed by atoms with Crippen LogP contribution in [0.2, 0.25) is 0 Å². The third-order valence-corrected chi connectivity index (χ3v) is 6.40. The number of amides is 1. The lowest BCUT2D eigenvalue weighted by Crippen LogP contribution is -2.56. The number of ketones is 1. The quantitative estimate of drug-likeness (QED) is 0.883. The van der Waals surface area contributed by atoms with Gasteiger partial charge < -0.3 is 14.7 Å². The number of hydrogen-bond donors (Lipinski definition) is 1. The maximum absolute atomic E-state index is 12.8. The third kappa shape index (κ3) is 3.25. The monoisotopic (exact) mass is 357 g/mol. The van der Waals surface area contributed by atoms with Crippen molar-refractivity contribution in [2.45, 2.75) is 51.4 Å². The van der Waals surface area contributed by atoms with Crippen LogP contribution in [0, 0.1) is 23.7 Å². The molecule has 4 fully saturated rings. The Bertz CT molecular complexity index is 676. The summed E-state index contributed by atoms with van der Waals surface area (Å²) in [7, 11) is 0. The molecule has 2 aliphatic carbocycles. The molecule has 0 radical (unpaired) electrons. The molecule has 2 heterocycles. The van der Waals surface area contributed by atoms with E-state index >= 15 is 0 Å². The second-order valence-corrected chi connectivity index (χ2v) is 8.37. The van der Waals surface area contributed by atoms with Crippen LogP contribution < -0.4 is 0 Å². The van der Waals surface area contributed by atoms with Crippen LogP contribution in [0.5, 0.6) is 0 Å². The van der Waals surface area contributed by atoms with Crippen molar-refractivity contribution in [2.24, 2.45) is 23.7 Å². The van der Waals surface area contributed by atoms with Crippen molar-refractivity contribution in [1.82, 2.24) is 4.90 Å². The number of carbonyl (C=O) groups is 2. The van der Waals surface area contributed by atoms with E-state index in [4.69, 9.17) is 4.74 Å². The number of piperidine rings is 1. The Morgan fingerprint density at radius 1 is 1.23 bits per heavy atom. The molecule has 6 atom stereocenters. The van der Waals surface area contributed by atoms with Crippen LogP contribution in [0.25, 0.3) is 0 Å². The van der Waals surface area contributed by atoms with Gasteiger partial charge in [-0.15, -0.1) is 0 Å². The fourth-order valence-corrected chi connectivity index (χ4v) is 5.34. The minimum Gasteiger partial charge on any atom is -0.445 e. The molecule has 5 nitrogen and oxygen atoms in total. The van der Waals surface area contributed by atoms with Crippen LogP contribution in [-0.2, 0) is 16.1 Å². The van der Waals surface area contributed by atoms with E-state index in [0.717, 1.165) is 18.4 Å². The molecular formula is C21H27NO4. The van der Waals surface area contributed by atoms with Gasteiger partial charge in [0.05, 0.1) is 12.1 Å². The number of rotatable bonds is 2. The van der Waals surface area contributed by atoms with Gasteiger partial charge in [0.25, 0.3) is 0 Å². The highest BCUT2D eigenvalue weighted by Crippen LogP contribution is 2.46. The largest absolute Gasteiger partial charge is 0.445 e. The molecule has 2 saturated carbocycles. The first-order valence-corrected chi connectivity index (χ1v) is 9.71. The molecule has 4 aliphatic rings. The fraction of sp³-hybridized carbons (Fsp3) is 0.619. The van der Waals surface area contributed by atoms with Crippen LogP contribution >= 0.6 is 0 Å². The highest BCUT2D eigenvalue weighted by molar-refractivity contribution is 5.83. The molecular weight excluding hydrogens is 330 g/mol. The van der Waals surface area contributed by atoms with Gasteiger partial charge in [-0.1, -0.05) is 37.3 Å². The van der Waals surface area contributed by atoms with Gasteiger partial charge in [0, 0.05) is 18.9 Å². The molecule has 26 heavy (non-hydrogen) atoms. The number of fused-ring (bicyclic) bond motifs is 2. The molecule has 5 heteroatoms. The van der Waals surface area contributed by atoms with E-state index in [1.807, 2.05) is 30.3 Å². The molecule has 1 amide bonds. The van der Waals surface area contributed by atoms with E-state index in [2.05, 4.69) is 6.92 Å². The Morgan fingerprint density at radius 2 is 2.00 bits per heavy atom. The standard InChI is InChI=1S/C21H27NO4/c1-13-7-17-16(18(23)8-13)9-15-10-19(24)20(17)22(11-15)21(25)26-12-14-5-3-2-4-6-14/h2-6,13,15-17,19-20,24H,7-12H2,1H3/t13?,15-,16-,17?,19?,20?/m1/s1. The molecule has 2 saturated heterocycles. The lowest BCUT2D eigenvalue weighted by molar-refractivity contribution is -0.130. The van der Waals surface area contributed by atoms with Gasteiger partial charge in [-0.05, 0) is 42.6 Å². The third-order valence-electron chi connectivity index (χ3n) is 6.40. The normalized spacial score (nSPS) is 36.4. The van der Waals surface area contributed by atoms with Gasteiger partial charge in [-0.3, -0.25) is 4.79 Å². The molecule has 5 rings (SSSR count). The number of nitrogens with zero attached hydrogens (tertiary/aromatic N) is 1. The lowest BCUT2D eigenvalue weighted by Gasteiger charge is -2.44. The SMILES string of the molecule is CC1CC(=O)[C@@H]2C[C@@H]3CC(O)C(C2C1)N(C(=O)OCc1ccccc1)C3. The van der Waals surface area contributed by atoms with Gasteiger partial charge in [0.15, 0.2) is 0 Å². The highest BCUT2D eigenvalue weighted by atomic mass is 16.6. The predicted octanol–water partition coefficient (Wildman–Crippen LogP) is 3.01. The average molecular weight is 357 g/mol. The Balaban J connectivity index is 1.53.